The third-order valence-corrected chi connectivity index (χ3v) is 6.50. The van der Waals surface area contributed by atoms with Gasteiger partial charge in [-0.15, -0.1) is 0 Å². The van der Waals surface area contributed by atoms with Crippen LogP contribution < -0.4 is 10.5 Å². The number of H-pyrrole nitrogens is 1. The Morgan fingerprint density at radius 2 is 2.17 bits per heavy atom. The van der Waals surface area contributed by atoms with Crippen molar-refractivity contribution in [1.29, 1.82) is 0 Å². The Kier molecular flexibility index (Phi) is 3.92. The van der Waals surface area contributed by atoms with Gasteiger partial charge >= 0.3 is 0 Å². The second kappa shape index (κ2) is 6.64. The fraction of sp³-hybridized carbons (Fsp3) is 0.409. The normalized spacial score (nSPS) is 23.7. The van der Waals surface area contributed by atoms with Gasteiger partial charge in [-0.25, -0.2) is 4.98 Å². The molecule has 2 bridgehead atoms. The number of fused-ring (bicyclic) bond motifs is 4. The number of pyridine rings is 1. The molecule has 7 heteroatoms. The van der Waals surface area contributed by atoms with Crippen LogP contribution in [0, 0.1) is 0 Å². The molecule has 2 fully saturated rings. The zero-order chi connectivity index (χ0) is 19.4. The van der Waals surface area contributed by atoms with Gasteiger partial charge in [0.05, 0.1) is 29.3 Å². The Morgan fingerprint density at radius 1 is 1.24 bits per heavy atom. The number of nitrogens with one attached hydrogen (secondary N) is 1. The van der Waals surface area contributed by atoms with Crippen LogP contribution in [0.5, 0.6) is 0 Å². The van der Waals surface area contributed by atoms with Gasteiger partial charge in [-0.05, 0) is 42.2 Å². The van der Waals surface area contributed by atoms with Gasteiger partial charge in [-0.2, -0.15) is 0 Å². The standard InChI is InChI=1S/C22H23N5O2/c28-21-18-3-1-2-4-19(18)24-22(25-21)26-8-6-17-14(10-26)5-7-23-20(17)12-27-11-16-9-15(27)13-29-16/h1-5,7,15-16H,6,8-13H2,(H,24,25,28)/t15-,16-/m0/s1. The SMILES string of the molecule is O=c1[nH]c(N2CCc3c(ccnc3CN3C[C@@H]4C[C@H]3CO4)C2)nc2ccccc12. The number of ether oxygens (including phenoxy) is 1. The molecule has 0 spiro atoms. The summed E-state index contributed by atoms with van der Waals surface area (Å²) in [6.07, 6.45) is 4.39. The molecule has 0 saturated carbocycles. The molecule has 7 nitrogen and oxygen atoms in total. The molecule has 3 aliphatic rings. The minimum atomic E-state index is -0.0851. The first-order valence-corrected chi connectivity index (χ1v) is 10.3. The number of morpholine rings is 1. The quantitative estimate of drug-likeness (QED) is 0.737. The summed E-state index contributed by atoms with van der Waals surface area (Å²) in [7, 11) is 0. The summed E-state index contributed by atoms with van der Waals surface area (Å²) in [4.78, 5) is 29.5. The molecule has 6 rings (SSSR count). The van der Waals surface area contributed by atoms with E-state index in [1.165, 1.54) is 16.8 Å². The molecule has 2 saturated heterocycles. The highest BCUT2D eigenvalue weighted by molar-refractivity contribution is 5.78. The maximum absolute atomic E-state index is 12.5. The Bertz CT molecular complexity index is 1140. The average molecular weight is 389 g/mol. The van der Waals surface area contributed by atoms with Crippen molar-refractivity contribution >= 4 is 16.9 Å². The van der Waals surface area contributed by atoms with Crippen LogP contribution in [0.4, 0.5) is 5.95 Å². The fourth-order valence-corrected chi connectivity index (χ4v) is 4.97. The number of nitrogens with zero attached hydrogens (tertiary/aromatic N) is 4. The molecule has 0 radical (unpaired) electrons. The number of likely N-dealkylation sites (tertiary alicyclic amines) is 1. The molecule has 0 aliphatic carbocycles. The highest BCUT2D eigenvalue weighted by Crippen LogP contribution is 2.31. The number of aromatic nitrogens is 3. The second-order valence-corrected chi connectivity index (χ2v) is 8.25. The number of rotatable bonds is 3. The van der Waals surface area contributed by atoms with Crippen molar-refractivity contribution in [2.24, 2.45) is 0 Å². The zero-order valence-electron chi connectivity index (χ0n) is 16.2. The van der Waals surface area contributed by atoms with Crippen LogP contribution in [-0.4, -0.2) is 51.7 Å². The molecule has 29 heavy (non-hydrogen) atoms. The van der Waals surface area contributed by atoms with Crippen LogP contribution in [0.1, 0.15) is 23.2 Å². The minimum absolute atomic E-state index is 0.0851. The van der Waals surface area contributed by atoms with E-state index in [4.69, 9.17) is 14.7 Å². The van der Waals surface area contributed by atoms with Crippen molar-refractivity contribution in [1.82, 2.24) is 19.9 Å². The molecule has 2 atom stereocenters. The number of hydrogen-bond donors (Lipinski definition) is 1. The van der Waals surface area contributed by atoms with Gasteiger partial charge in [0.2, 0.25) is 5.95 Å². The van der Waals surface area contributed by atoms with Crippen LogP contribution in [-0.2, 0) is 24.2 Å². The Morgan fingerprint density at radius 3 is 3.03 bits per heavy atom. The molecular formula is C22H23N5O2. The van der Waals surface area contributed by atoms with Gasteiger partial charge in [-0.3, -0.25) is 19.7 Å². The van der Waals surface area contributed by atoms with Crippen molar-refractivity contribution < 1.29 is 4.74 Å². The summed E-state index contributed by atoms with van der Waals surface area (Å²) >= 11 is 0. The number of para-hydroxylation sites is 1. The lowest BCUT2D eigenvalue weighted by molar-refractivity contribution is 0.0267. The van der Waals surface area contributed by atoms with Crippen molar-refractivity contribution in [2.75, 3.05) is 24.6 Å². The first-order chi connectivity index (χ1) is 14.2. The van der Waals surface area contributed by atoms with E-state index in [2.05, 4.69) is 20.9 Å². The van der Waals surface area contributed by atoms with Crippen LogP contribution >= 0.6 is 0 Å². The monoisotopic (exact) mass is 389 g/mol. The molecule has 148 valence electrons. The van der Waals surface area contributed by atoms with Gasteiger partial charge in [0.1, 0.15) is 0 Å². The fourth-order valence-electron chi connectivity index (χ4n) is 4.97. The molecule has 0 amide bonds. The maximum atomic E-state index is 12.5. The van der Waals surface area contributed by atoms with Crippen LogP contribution in [0.15, 0.2) is 41.3 Å². The van der Waals surface area contributed by atoms with E-state index in [0.717, 1.165) is 51.1 Å². The Labute approximate surface area is 168 Å². The molecule has 5 heterocycles. The highest BCUT2D eigenvalue weighted by Gasteiger charge is 2.39. The molecule has 1 N–H and O–H groups in total. The Hall–Kier alpha value is -2.77. The lowest BCUT2D eigenvalue weighted by atomic mass is 9.98. The van der Waals surface area contributed by atoms with E-state index in [0.29, 0.717) is 23.5 Å². The van der Waals surface area contributed by atoms with E-state index in [9.17, 15) is 4.79 Å². The summed E-state index contributed by atoms with van der Waals surface area (Å²) in [5.41, 5.74) is 4.47. The second-order valence-electron chi connectivity index (χ2n) is 8.25. The van der Waals surface area contributed by atoms with Gasteiger partial charge < -0.3 is 9.64 Å². The third-order valence-electron chi connectivity index (χ3n) is 6.50. The van der Waals surface area contributed by atoms with Gasteiger partial charge in [0.15, 0.2) is 0 Å². The number of hydrogen-bond acceptors (Lipinski definition) is 6. The highest BCUT2D eigenvalue weighted by atomic mass is 16.5. The first-order valence-electron chi connectivity index (χ1n) is 10.3. The molecule has 2 aromatic heterocycles. The summed E-state index contributed by atoms with van der Waals surface area (Å²) in [5, 5.41) is 0.629. The summed E-state index contributed by atoms with van der Waals surface area (Å²) < 4.78 is 5.73. The van der Waals surface area contributed by atoms with Gasteiger partial charge in [-0.1, -0.05) is 12.1 Å². The van der Waals surface area contributed by atoms with Gasteiger partial charge in [0, 0.05) is 38.4 Å². The average Bonchev–Trinajstić information content (AvgIpc) is 3.37. The molecule has 0 unspecified atom stereocenters. The summed E-state index contributed by atoms with van der Waals surface area (Å²) in [6, 6.07) is 10.1. The molecule has 1 aromatic carbocycles. The predicted molar refractivity (Wildman–Crippen MR) is 110 cm³/mol. The van der Waals surface area contributed by atoms with E-state index < -0.39 is 0 Å². The van der Waals surface area contributed by atoms with Crippen LogP contribution in [0.2, 0.25) is 0 Å². The summed E-state index contributed by atoms with van der Waals surface area (Å²) in [6.45, 7) is 4.33. The predicted octanol–water partition coefficient (Wildman–Crippen LogP) is 1.85. The van der Waals surface area contributed by atoms with E-state index >= 15 is 0 Å². The van der Waals surface area contributed by atoms with Crippen LogP contribution in [0.25, 0.3) is 10.9 Å². The number of benzene rings is 1. The lowest BCUT2D eigenvalue weighted by Crippen LogP contribution is -2.38. The van der Waals surface area contributed by atoms with Crippen molar-refractivity contribution in [3.05, 3.63) is 63.7 Å². The van der Waals surface area contributed by atoms with Crippen LogP contribution in [0.3, 0.4) is 0 Å². The number of aromatic amines is 1. The molecule has 3 aromatic rings. The largest absolute Gasteiger partial charge is 0.375 e. The number of anilines is 1. The lowest BCUT2D eigenvalue weighted by Gasteiger charge is -2.32. The topological polar surface area (TPSA) is 74.4 Å². The van der Waals surface area contributed by atoms with E-state index in [1.54, 1.807) is 0 Å². The minimum Gasteiger partial charge on any atom is -0.375 e. The maximum Gasteiger partial charge on any atom is 0.260 e. The van der Waals surface area contributed by atoms with Crippen molar-refractivity contribution in [3.63, 3.8) is 0 Å². The smallest absolute Gasteiger partial charge is 0.260 e. The third kappa shape index (κ3) is 2.92. The Balaban J connectivity index is 1.27. The van der Waals surface area contributed by atoms with E-state index in [-0.39, 0.29) is 5.56 Å². The molecular weight excluding hydrogens is 366 g/mol. The first kappa shape index (κ1) is 17.1. The van der Waals surface area contributed by atoms with Crippen molar-refractivity contribution in [2.45, 2.75) is 38.1 Å². The zero-order valence-corrected chi connectivity index (χ0v) is 16.2. The van der Waals surface area contributed by atoms with Crippen molar-refractivity contribution in [3.8, 4) is 0 Å². The van der Waals surface area contributed by atoms with E-state index in [1.807, 2.05) is 30.5 Å². The van der Waals surface area contributed by atoms with Gasteiger partial charge in [0.25, 0.3) is 5.56 Å². The molecule has 3 aliphatic heterocycles. The summed E-state index contributed by atoms with van der Waals surface area (Å²) in [5.74, 6) is 0.645.